The SMILES string of the molecule is Cc1cc(C)c(O)c(-c2n[nH]c3c2C(c2ccc(OCc4ccccc4)cc2)N(Cc2cccnc2)C3=O)c1. The zero-order valence-corrected chi connectivity index (χ0v) is 21.8. The molecule has 7 heteroatoms. The molecule has 6 rings (SSSR count). The van der Waals surface area contributed by atoms with Crippen LogP contribution in [0, 0.1) is 13.8 Å². The van der Waals surface area contributed by atoms with Crippen LogP contribution in [0.5, 0.6) is 11.5 Å². The van der Waals surface area contributed by atoms with Crippen LogP contribution in [0.25, 0.3) is 11.3 Å². The molecule has 0 saturated carbocycles. The van der Waals surface area contributed by atoms with Gasteiger partial charge < -0.3 is 14.7 Å². The van der Waals surface area contributed by atoms with E-state index < -0.39 is 6.04 Å². The standard InChI is InChI=1S/C32H28N4O3/c1-20-15-21(2)31(37)26(16-20)28-27-29(35-34-28)32(38)36(18-23-9-6-14-33-17-23)30(27)24-10-12-25(13-11-24)39-19-22-7-4-3-5-8-22/h3-17,30,37H,18-19H2,1-2H3,(H,34,35). The predicted octanol–water partition coefficient (Wildman–Crippen LogP) is 6.12. The maximum absolute atomic E-state index is 13.7. The number of carbonyl (C=O) groups is 1. The van der Waals surface area contributed by atoms with Crippen LogP contribution in [0.3, 0.4) is 0 Å². The Labute approximate surface area is 226 Å². The maximum atomic E-state index is 13.7. The number of pyridine rings is 1. The summed E-state index contributed by atoms with van der Waals surface area (Å²) in [5.74, 6) is 0.757. The van der Waals surface area contributed by atoms with Crippen molar-refractivity contribution in [2.24, 2.45) is 0 Å². The van der Waals surface area contributed by atoms with Crippen LogP contribution in [0.4, 0.5) is 0 Å². The van der Waals surface area contributed by atoms with Crippen LogP contribution >= 0.6 is 0 Å². The van der Waals surface area contributed by atoms with Crippen LogP contribution in [-0.2, 0) is 13.2 Å². The van der Waals surface area contributed by atoms with E-state index in [-0.39, 0.29) is 11.7 Å². The summed E-state index contributed by atoms with van der Waals surface area (Å²) in [7, 11) is 0. The van der Waals surface area contributed by atoms with E-state index in [0.717, 1.165) is 39.1 Å². The van der Waals surface area contributed by atoms with Crippen molar-refractivity contribution in [3.8, 4) is 22.8 Å². The number of amides is 1. The lowest BCUT2D eigenvalue weighted by molar-refractivity contribution is 0.0730. The molecule has 1 atom stereocenters. The van der Waals surface area contributed by atoms with Crippen molar-refractivity contribution in [2.45, 2.75) is 33.0 Å². The highest BCUT2D eigenvalue weighted by Crippen LogP contribution is 2.46. The number of aromatic nitrogens is 3. The third kappa shape index (κ3) is 4.63. The lowest BCUT2D eigenvalue weighted by Crippen LogP contribution is -2.29. The highest BCUT2D eigenvalue weighted by Gasteiger charge is 2.42. The number of aromatic amines is 1. The first-order chi connectivity index (χ1) is 19.0. The van der Waals surface area contributed by atoms with Gasteiger partial charge in [0, 0.05) is 30.1 Å². The van der Waals surface area contributed by atoms with Gasteiger partial charge in [-0.3, -0.25) is 14.9 Å². The first kappa shape index (κ1) is 24.4. The summed E-state index contributed by atoms with van der Waals surface area (Å²) < 4.78 is 6.00. The Morgan fingerprint density at radius 2 is 1.74 bits per heavy atom. The van der Waals surface area contributed by atoms with Crippen LogP contribution < -0.4 is 4.74 Å². The number of nitrogens with zero attached hydrogens (tertiary/aromatic N) is 3. The second kappa shape index (κ2) is 10.1. The first-order valence-corrected chi connectivity index (χ1v) is 12.8. The van der Waals surface area contributed by atoms with Gasteiger partial charge in [0.25, 0.3) is 5.91 Å². The average molecular weight is 517 g/mol. The topological polar surface area (TPSA) is 91.3 Å². The molecule has 5 aromatic rings. The summed E-state index contributed by atoms with van der Waals surface area (Å²) in [6.07, 6.45) is 3.49. The Morgan fingerprint density at radius 3 is 2.49 bits per heavy atom. The molecule has 0 spiro atoms. The minimum absolute atomic E-state index is 0.147. The minimum Gasteiger partial charge on any atom is -0.507 e. The molecule has 3 heterocycles. The van der Waals surface area contributed by atoms with Gasteiger partial charge in [-0.25, -0.2) is 0 Å². The first-order valence-electron chi connectivity index (χ1n) is 12.8. The number of nitrogens with one attached hydrogen (secondary N) is 1. The van der Waals surface area contributed by atoms with E-state index in [1.54, 1.807) is 12.4 Å². The highest BCUT2D eigenvalue weighted by atomic mass is 16.5. The normalized spacial score (nSPS) is 14.5. The Morgan fingerprint density at radius 1 is 0.974 bits per heavy atom. The van der Waals surface area contributed by atoms with Crippen molar-refractivity contribution >= 4 is 5.91 Å². The largest absolute Gasteiger partial charge is 0.507 e. The van der Waals surface area contributed by atoms with Gasteiger partial charge in [-0.15, -0.1) is 0 Å². The Hall–Kier alpha value is -4.91. The monoisotopic (exact) mass is 516 g/mol. The predicted molar refractivity (Wildman–Crippen MR) is 148 cm³/mol. The van der Waals surface area contributed by atoms with Crippen LogP contribution in [0.2, 0.25) is 0 Å². The Bertz CT molecular complexity index is 1630. The number of rotatable bonds is 7. The number of phenolic OH excluding ortho intramolecular Hbond substituents is 1. The third-order valence-corrected chi connectivity index (χ3v) is 7.08. The lowest BCUT2D eigenvalue weighted by atomic mass is 9.94. The summed E-state index contributed by atoms with van der Waals surface area (Å²) in [4.78, 5) is 19.8. The zero-order valence-electron chi connectivity index (χ0n) is 21.8. The van der Waals surface area contributed by atoms with Crippen LogP contribution in [0.15, 0.2) is 91.3 Å². The number of H-pyrrole nitrogens is 1. The van der Waals surface area contributed by atoms with Crippen LogP contribution in [0.1, 0.15) is 49.9 Å². The molecule has 1 aliphatic heterocycles. The average Bonchev–Trinajstić information content (AvgIpc) is 3.50. The van der Waals surface area contributed by atoms with E-state index in [2.05, 4.69) is 15.2 Å². The fourth-order valence-corrected chi connectivity index (χ4v) is 5.23. The molecule has 194 valence electrons. The summed E-state index contributed by atoms with van der Waals surface area (Å²) >= 11 is 0. The number of carbonyl (C=O) groups excluding carboxylic acids is 1. The van der Waals surface area contributed by atoms with Gasteiger partial charge in [-0.2, -0.15) is 5.10 Å². The van der Waals surface area contributed by atoms with E-state index in [9.17, 15) is 9.90 Å². The van der Waals surface area contributed by atoms with Crippen LogP contribution in [-0.4, -0.2) is 31.1 Å². The van der Waals surface area contributed by atoms with Crippen molar-refractivity contribution in [2.75, 3.05) is 0 Å². The molecular weight excluding hydrogens is 488 g/mol. The zero-order chi connectivity index (χ0) is 26.9. The summed E-state index contributed by atoms with van der Waals surface area (Å²) in [6.45, 7) is 4.69. The summed E-state index contributed by atoms with van der Waals surface area (Å²) in [6, 6.07) is 25.1. The Kier molecular flexibility index (Phi) is 6.32. The fourth-order valence-electron chi connectivity index (χ4n) is 5.23. The molecular formula is C32H28N4O3. The van der Waals surface area contributed by atoms with E-state index in [0.29, 0.717) is 30.1 Å². The van der Waals surface area contributed by atoms with E-state index in [4.69, 9.17) is 4.74 Å². The van der Waals surface area contributed by atoms with Gasteiger partial charge in [0.15, 0.2) is 0 Å². The summed E-state index contributed by atoms with van der Waals surface area (Å²) in [5.41, 5.74) is 7.06. The molecule has 1 unspecified atom stereocenters. The second-order valence-electron chi connectivity index (χ2n) is 9.88. The second-order valence-corrected chi connectivity index (χ2v) is 9.88. The summed E-state index contributed by atoms with van der Waals surface area (Å²) in [5, 5.41) is 18.5. The fraction of sp³-hybridized carbons (Fsp3) is 0.156. The van der Waals surface area contributed by atoms with Crippen molar-refractivity contribution in [1.29, 1.82) is 0 Å². The molecule has 0 bridgehead atoms. The molecule has 1 amide bonds. The number of hydrogen-bond donors (Lipinski definition) is 2. The molecule has 2 aromatic heterocycles. The number of aromatic hydroxyl groups is 1. The van der Waals surface area contributed by atoms with Gasteiger partial charge in [-0.05, 0) is 65.9 Å². The number of fused-ring (bicyclic) bond motifs is 1. The third-order valence-electron chi connectivity index (χ3n) is 7.08. The quantitative estimate of drug-likeness (QED) is 0.272. The van der Waals surface area contributed by atoms with E-state index in [1.165, 1.54) is 0 Å². The molecule has 3 aromatic carbocycles. The van der Waals surface area contributed by atoms with Gasteiger partial charge in [0.1, 0.15) is 29.5 Å². The lowest BCUT2D eigenvalue weighted by Gasteiger charge is -2.26. The maximum Gasteiger partial charge on any atom is 0.273 e. The van der Waals surface area contributed by atoms with Crippen molar-refractivity contribution in [3.63, 3.8) is 0 Å². The van der Waals surface area contributed by atoms with Gasteiger partial charge >= 0.3 is 0 Å². The minimum atomic E-state index is -0.412. The van der Waals surface area contributed by atoms with Crippen molar-refractivity contribution in [1.82, 2.24) is 20.1 Å². The number of phenols is 1. The van der Waals surface area contributed by atoms with E-state index in [1.807, 2.05) is 97.6 Å². The molecule has 0 fully saturated rings. The number of ether oxygens (including phenoxy) is 1. The van der Waals surface area contributed by atoms with Gasteiger partial charge in [0.05, 0.1) is 6.04 Å². The van der Waals surface area contributed by atoms with Gasteiger partial charge in [0.2, 0.25) is 0 Å². The number of hydrogen-bond acceptors (Lipinski definition) is 5. The molecule has 0 aliphatic carbocycles. The Balaban J connectivity index is 1.40. The molecule has 7 nitrogen and oxygen atoms in total. The highest BCUT2D eigenvalue weighted by molar-refractivity contribution is 6.00. The smallest absolute Gasteiger partial charge is 0.273 e. The van der Waals surface area contributed by atoms with E-state index >= 15 is 0 Å². The molecule has 0 radical (unpaired) electrons. The molecule has 0 saturated heterocycles. The van der Waals surface area contributed by atoms with Crippen molar-refractivity contribution in [3.05, 3.63) is 130 Å². The number of aryl methyl sites for hydroxylation is 2. The van der Waals surface area contributed by atoms with Crippen molar-refractivity contribution < 1.29 is 14.6 Å². The molecule has 39 heavy (non-hydrogen) atoms. The number of benzene rings is 3. The molecule has 2 N–H and O–H groups in total. The molecule has 1 aliphatic rings. The van der Waals surface area contributed by atoms with Gasteiger partial charge in [-0.1, -0.05) is 54.6 Å².